The van der Waals surface area contributed by atoms with Crippen LogP contribution in [0.4, 0.5) is 5.69 Å². The second kappa shape index (κ2) is 6.78. The molecule has 1 amide bonds. The van der Waals surface area contributed by atoms with Crippen molar-refractivity contribution in [3.05, 3.63) is 38.9 Å². The van der Waals surface area contributed by atoms with Gasteiger partial charge in [-0.15, -0.1) is 0 Å². The highest BCUT2D eigenvalue weighted by Crippen LogP contribution is 2.55. The zero-order valence-electron chi connectivity index (χ0n) is 14.8. The van der Waals surface area contributed by atoms with Crippen LogP contribution >= 0.6 is 11.6 Å². The number of carbonyl (C=O) groups is 2. The Hall–Kier alpha value is -2.15. The lowest BCUT2D eigenvalue weighted by atomic mass is 9.53. The fourth-order valence-corrected chi connectivity index (χ4v) is 5.80. The van der Waals surface area contributed by atoms with Gasteiger partial charge in [-0.1, -0.05) is 11.6 Å². The lowest BCUT2D eigenvalue weighted by Crippen LogP contribution is -2.60. The zero-order valence-corrected chi connectivity index (χ0v) is 15.5. The molecule has 4 aliphatic carbocycles. The van der Waals surface area contributed by atoms with Gasteiger partial charge in [0, 0.05) is 16.6 Å². The largest absolute Gasteiger partial charge is 0.452 e. The second-order valence-electron chi connectivity index (χ2n) is 8.24. The second-order valence-corrected chi connectivity index (χ2v) is 8.68. The number of esters is 1. The van der Waals surface area contributed by atoms with Crippen molar-refractivity contribution in [2.45, 2.75) is 44.1 Å². The Labute approximate surface area is 161 Å². The number of hydrogen-bond acceptors (Lipinski definition) is 5. The number of hydrogen-bond donors (Lipinski definition) is 1. The third-order valence-corrected chi connectivity index (χ3v) is 6.39. The Morgan fingerprint density at radius 1 is 1.19 bits per heavy atom. The molecule has 4 fully saturated rings. The van der Waals surface area contributed by atoms with Crippen LogP contribution in [0, 0.1) is 27.9 Å². The summed E-state index contributed by atoms with van der Waals surface area (Å²) in [4.78, 5) is 35.0. The van der Waals surface area contributed by atoms with Gasteiger partial charge in [-0.2, -0.15) is 0 Å². The third-order valence-electron chi connectivity index (χ3n) is 6.15. The van der Waals surface area contributed by atoms with E-state index in [-0.39, 0.29) is 22.0 Å². The van der Waals surface area contributed by atoms with Gasteiger partial charge in [0.25, 0.3) is 11.6 Å². The molecule has 0 aromatic heterocycles. The molecule has 0 heterocycles. The molecule has 27 heavy (non-hydrogen) atoms. The standard InChI is InChI=1S/C19H21ClN2O5/c20-14-1-2-15(16(6-14)22(25)26)18(24)27-10-17(23)21-19-7-11-3-12(8-19)5-13(4-11)9-19/h1-2,6,11-13H,3-5,7-10H2,(H,21,23). The number of amides is 1. The molecule has 0 aliphatic heterocycles. The predicted molar refractivity (Wildman–Crippen MR) is 97.4 cm³/mol. The van der Waals surface area contributed by atoms with E-state index in [4.69, 9.17) is 16.3 Å². The number of carbonyl (C=O) groups excluding carboxylic acids is 2. The number of nitro benzene ring substituents is 1. The number of ether oxygens (including phenoxy) is 1. The third kappa shape index (κ3) is 3.65. The molecular weight excluding hydrogens is 372 g/mol. The SMILES string of the molecule is O=C(COC(=O)c1ccc(Cl)cc1[N+](=O)[O-])NC12CC3CC(CC(C3)C1)C2. The first-order chi connectivity index (χ1) is 12.8. The molecule has 8 heteroatoms. The van der Waals surface area contributed by atoms with E-state index in [1.807, 2.05) is 0 Å². The first-order valence-electron chi connectivity index (χ1n) is 9.26. The van der Waals surface area contributed by atoms with E-state index in [1.54, 1.807) is 0 Å². The molecule has 0 spiro atoms. The smallest absolute Gasteiger partial charge is 0.345 e. The van der Waals surface area contributed by atoms with Crippen LogP contribution in [0.5, 0.6) is 0 Å². The summed E-state index contributed by atoms with van der Waals surface area (Å²) in [5.74, 6) is 0.823. The number of nitrogens with zero attached hydrogens (tertiary/aromatic N) is 1. The van der Waals surface area contributed by atoms with E-state index in [0.717, 1.165) is 25.3 Å². The number of nitro groups is 1. The molecule has 5 rings (SSSR count). The van der Waals surface area contributed by atoms with Crippen LogP contribution in [0.15, 0.2) is 18.2 Å². The van der Waals surface area contributed by atoms with E-state index in [9.17, 15) is 19.7 Å². The molecule has 144 valence electrons. The van der Waals surface area contributed by atoms with Crippen LogP contribution in [0.2, 0.25) is 5.02 Å². The van der Waals surface area contributed by atoms with Gasteiger partial charge in [0.15, 0.2) is 6.61 Å². The Balaban J connectivity index is 1.37. The van der Waals surface area contributed by atoms with Crippen LogP contribution in [0.3, 0.4) is 0 Å². The Bertz CT molecular complexity index is 774. The van der Waals surface area contributed by atoms with Crippen molar-refractivity contribution in [1.82, 2.24) is 5.32 Å². The van der Waals surface area contributed by atoms with E-state index in [1.165, 1.54) is 31.4 Å². The minimum absolute atomic E-state index is 0.151. The maximum Gasteiger partial charge on any atom is 0.345 e. The van der Waals surface area contributed by atoms with Gasteiger partial charge in [-0.3, -0.25) is 14.9 Å². The van der Waals surface area contributed by atoms with Gasteiger partial charge in [-0.05, 0) is 68.4 Å². The van der Waals surface area contributed by atoms with Crippen molar-refractivity contribution in [2.75, 3.05) is 6.61 Å². The van der Waals surface area contributed by atoms with Gasteiger partial charge in [0.1, 0.15) is 5.56 Å². The van der Waals surface area contributed by atoms with Crippen molar-refractivity contribution in [3.8, 4) is 0 Å². The van der Waals surface area contributed by atoms with Crippen LogP contribution in [-0.4, -0.2) is 28.9 Å². The van der Waals surface area contributed by atoms with Crippen LogP contribution in [-0.2, 0) is 9.53 Å². The van der Waals surface area contributed by atoms with Gasteiger partial charge >= 0.3 is 5.97 Å². The molecule has 4 bridgehead atoms. The zero-order chi connectivity index (χ0) is 19.2. The van der Waals surface area contributed by atoms with Gasteiger partial charge in [0.2, 0.25) is 0 Å². The summed E-state index contributed by atoms with van der Waals surface area (Å²) in [7, 11) is 0. The number of benzene rings is 1. The van der Waals surface area contributed by atoms with Crippen molar-refractivity contribution < 1.29 is 19.2 Å². The van der Waals surface area contributed by atoms with E-state index >= 15 is 0 Å². The fraction of sp³-hybridized carbons (Fsp3) is 0.579. The molecule has 0 unspecified atom stereocenters. The molecule has 4 aliphatic rings. The summed E-state index contributed by atoms with van der Waals surface area (Å²) >= 11 is 5.74. The number of rotatable bonds is 5. The lowest BCUT2D eigenvalue weighted by molar-refractivity contribution is -0.385. The predicted octanol–water partition coefficient (Wildman–Crippen LogP) is 3.49. The molecular formula is C19H21ClN2O5. The topological polar surface area (TPSA) is 98.5 Å². The average Bonchev–Trinajstić information content (AvgIpc) is 2.58. The highest BCUT2D eigenvalue weighted by molar-refractivity contribution is 6.31. The summed E-state index contributed by atoms with van der Waals surface area (Å²) in [5, 5.41) is 14.3. The quantitative estimate of drug-likeness (QED) is 0.469. The van der Waals surface area contributed by atoms with Crippen molar-refractivity contribution in [2.24, 2.45) is 17.8 Å². The average molecular weight is 393 g/mol. The Morgan fingerprint density at radius 3 is 2.33 bits per heavy atom. The van der Waals surface area contributed by atoms with Crippen molar-refractivity contribution in [3.63, 3.8) is 0 Å². The maximum absolute atomic E-state index is 12.4. The highest BCUT2D eigenvalue weighted by Gasteiger charge is 2.51. The van der Waals surface area contributed by atoms with Crippen LogP contribution in [0.1, 0.15) is 48.9 Å². The minimum atomic E-state index is -0.904. The normalized spacial score (nSPS) is 30.8. The molecule has 0 saturated heterocycles. The summed E-state index contributed by atoms with van der Waals surface area (Å²) in [6.45, 7) is -0.444. The van der Waals surface area contributed by atoms with Gasteiger partial charge < -0.3 is 10.1 Å². The van der Waals surface area contributed by atoms with Crippen molar-refractivity contribution >= 4 is 29.2 Å². The molecule has 4 saturated carbocycles. The van der Waals surface area contributed by atoms with Crippen LogP contribution < -0.4 is 5.32 Å². The monoisotopic (exact) mass is 392 g/mol. The van der Waals surface area contributed by atoms with Crippen molar-refractivity contribution in [1.29, 1.82) is 0 Å². The summed E-state index contributed by atoms with van der Waals surface area (Å²) in [6, 6.07) is 3.70. The first-order valence-corrected chi connectivity index (χ1v) is 9.63. The first kappa shape index (κ1) is 18.2. The van der Waals surface area contributed by atoms with E-state index in [0.29, 0.717) is 17.8 Å². The number of halogens is 1. The lowest BCUT2D eigenvalue weighted by Gasteiger charge is -2.56. The molecule has 0 atom stereocenters. The fourth-order valence-electron chi connectivity index (χ4n) is 5.63. The van der Waals surface area contributed by atoms with Gasteiger partial charge in [0.05, 0.1) is 4.92 Å². The maximum atomic E-state index is 12.4. The number of nitrogens with one attached hydrogen (secondary N) is 1. The molecule has 0 radical (unpaired) electrons. The Kier molecular flexibility index (Phi) is 4.58. The highest BCUT2D eigenvalue weighted by atomic mass is 35.5. The molecule has 1 aromatic rings. The summed E-state index contributed by atoms with van der Waals surface area (Å²) in [6.07, 6.45) is 6.81. The molecule has 1 N–H and O–H groups in total. The Morgan fingerprint density at radius 2 is 1.78 bits per heavy atom. The summed E-state index contributed by atoms with van der Waals surface area (Å²) in [5.41, 5.74) is -0.814. The molecule has 1 aromatic carbocycles. The van der Waals surface area contributed by atoms with Gasteiger partial charge in [-0.25, -0.2) is 4.79 Å². The van der Waals surface area contributed by atoms with E-state index in [2.05, 4.69) is 5.32 Å². The molecule has 7 nitrogen and oxygen atoms in total. The summed E-state index contributed by atoms with van der Waals surface area (Å²) < 4.78 is 5.04. The van der Waals surface area contributed by atoms with Crippen LogP contribution in [0.25, 0.3) is 0 Å². The van der Waals surface area contributed by atoms with E-state index < -0.39 is 23.2 Å². The minimum Gasteiger partial charge on any atom is -0.452 e.